The smallest absolute Gasteiger partial charge is 0.264 e. The number of amides is 1. The van der Waals surface area contributed by atoms with Gasteiger partial charge in [-0.05, 0) is 44.3 Å². The van der Waals surface area contributed by atoms with E-state index in [0.29, 0.717) is 6.61 Å². The molecule has 2 rings (SSSR count). The maximum atomic E-state index is 12.1. The lowest BCUT2D eigenvalue weighted by atomic mass is 10.2. The second-order valence-electron chi connectivity index (χ2n) is 3.67. The van der Waals surface area contributed by atoms with Crippen molar-refractivity contribution in [2.75, 3.05) is 20.3 Å². The maximum absolute atomic E-state index is 12.1. The molecule has 1 aromatic heterocycles. The molecule has 0 bridgehead atoms. The fourth-order valence-electron chi connectivity index (χ4n) is 1.62. The molecule has 2 heterocycles. The van der Waals surface area contributed by atoms with E-state index in [-0.39, 0.29) is 11.9 Å². The van der Waals surface area contributed by atoms with Crippen molar-refractivity contribution in [1.82, 2.24) is 4.90 Å². The number of ether oxygens (including phenoxy) is 1. The topological polar surface area (TPSA) is 29.5 Å². The van der Waals surface area contributed by atoms with Crippen molar-refractivity contribution < 1.29 is 9.53 Å². The van der Waals surface area contributed by atoms with Crippen LogP contribution in [-0.2, 0) is 4.74 Å². The zero-order valence-electron chi connectivity index (χ0n) is 8.70. The molecular formula is C10H11Br2NO2S. The van der Waals surface area contributed by atoms with Crippen LogP contribution < -0.4 is 0 Å². The lowest BCUT2D eigenvalue weighted by Gasteiger charge is -2.22. The minimum Gasteiger partial charge on any atom is -0.379 e. The maximum Gasteiger partial charge on any atom is 0.264 e. The zero-order valence-corrected chi connectivity index (χ0v) is 12.7. The molecule has 6 heteroatoms. The minimum atomic E-state index is 0.0619. The molecular weight excluding hydrogens is 358 g/mol. The van der Waals surface area contributed by atoms with Gasteiger partial charge in [0.1, 0.15) is 0 Å². The van der Waals surface area contributed by atoms with E-state index in [9.17, 15) is 4.79 Å². The molecule has 1 amide bonds. The summed E-state index contributed by atoms with van der Waals surface area (Å²) in [6, 6.07) is 2.07. The average molecular weight is 369 g/mol. The Morgan fingerprint density at radius 1 is 1.62 bits per heavy atom. The summed E-state index contributed by atoms with van der Waals surface area (Å²) in [5, 5.41) is 0. The molecule has 1 aliphatic rings. The van der Waals surface area contributed by atoms with Crippen molar-refractivity contribution in [3.63, 3.8) is 0 Å². The lowest BCUT2D eigenvalue weighted by Crippen LogP contribution is -2.36. The number of rotatable bonds is 2. The van der Waals surface area contributed by atoms with Gasteiger partial charge in [0.05, 0.1) is 21.3 Å². The van der Waals surface area contributed by atoms with Crippen LogP contribution in [0.2, 0.25) is 0 Å². The van der Waals surface area contributed by atoms with Crippen molar-refractivity contribution >= 4 is 49.1 Å². The van der Waals surface area contributed by atoms with E-state index in [2.05, 4.69) is 31.9 Å². The van der Waals surface area contributed by atoms with Gasteiger partial charge in [-0.2, -0.15) is 0 Å². The van der Waals surface area contributed by atoms with Crippen LogP contribution in [0.25, 0.3) is 0 Å². The average Bonchev–Trinajstić information content (AvgIpc) is 2.87. The van der Waals surface area contributed by atoms with E-state index in [0.717, 1.165) is 26.2 Å². The summed E-state index contributed by atoms with van der Waals surface area (Å²) in [4.78, 5) is 14.7. The van der Waals surface area contributed by atoms with Crippen LogP contribution in [0.4, 0.5) is 0 Å². The second-order valence-corrected chi connectivity index (χ2v) is 6.89. The van der Waals surface area contributed by atoms with Crippen LogP contribution in [-0.4, -0.2) is 37.1 Å². The predicted octanol–water partition coefficient (Wildman–Crippen LogP) is 3.13. The number of carbonyl (C=O) groups is 1. The summed E-state index contributed by atoms with van der Waals surface area (Å²) < 4.78 is 7.16. The van der Waals surface area contributed by atoms with Crippen molar-refractivity contribution in [2.45, 2.75) is 12.5 Å². The number of halogens is 2. The number of thiophene rings is 1. The van der Waals surface area contributed by atoms with Crippen LogP contribution in [0.15, 0.2) is 14.3 Å². The van der Waals surface area contributed by atoms with E-state index in [4.69, 9.17) is 4.74 Å². The van der Waals surface area contributed by atoms with E-state index < -0.39 is 0 Å². The molecule has 0 aromatic carbocycles. The molecule has 0 aliphatic carbocycles. The van der Waals surface area contributed by atoms with Crippen molar-refractivity contribution in [3.8, 4) is 0 Å². The van der Waals surface area contributed by atoms with Gasteiger partial charge < -0.3 is 9.64 Å². The quantitative estimate of drug-likeness (QED) is 0.802. The predicted molar refractivity (Wildman–Crippen MR) is 71.0 cm³/mol. The number of nitrogens with zero attached hydrogens (tertiary/aromatic N) is 1. The third-order valence-corrected chi connectivity index (χ3v) is 5.87. The molecule has 0 saturated carbocycles. The van der Waals surface area contributed by atoms with Gasteiger partial charge in [0.25, 0.3) is 5.91 Å². The third-order valence-electron chi connectivity index (χ3n) is 2.63. The van der Waals surface area contributed by atoms with E-state index >= 15 is 0 Å². The molecule has 1 aliphatic heterocycles. The van der Waals surface area contributed by atoms with Crippen LogP contribution in [0.3, 0.4) is 0 Å². The Kier molecular flexibility index (Phi) is 4.05. The Bertz CT molecular complexity index is 382. The SMILES string of the molecule is CN(C(=O)c1cc(Br)c(Br)s1)C1CCOC1. The number of hydrogen-bond donors (Lipinski definition) is 0. The Balaban J connectivity index is 2.11. The van der Waals surface area contributed by atoms with Gasteiger partial charge in [-0.25, -0.2) is 0 Å². The van der Waals surface area contributed by atoms with Crippen molar-refractivity contribution in [1.29, 1.82) is 0 Å². The fraction of sp³-hybridized carbons (Fsp3) is 0.500. The minimum absolute atomic E-state index is 0.0619. The largest absolute Gasteiger partial charge is 0.379 e. The van der Waals surface area contributed by atoms with Crippen molar-refractivity contribution in [2.24, 2.45) is 0 Å². The molecule has 1 fully saturated rings. The lowest BCUT2D eigenvalue weighted by molar-refractivity contribution is 0.0716. The molecule has 0 spiro atoms. The molecule has 1 saturated heterocycles. The highest BCUT2D eigenvalue weighted by Crippen LogP contribution is 2.33. The summed E-state index contributed by atoms with van der Waals surface area (Å²) in [7, 11) is 1.84. The van der Waals surface area contributed by atoms with Gasteiger partial charge >= 0.3 is 0 Å². The highest BCUT2D eigenvalue weighted by Gasteiger charge is 2.26. The monoisotopic (exact) mass is 367 g/mol. The molecule has 3 nitrogen and oxygen atoms in total. The summed E-state index contributed by atoms with van der Waals surface area (Å²) in [6.07, 6.45) is 0.927. The Morgan fingerprint density at radius 2 is 2.38 bits per heavy atom. The first kappa shape index (κ1) is 12.5. The fourth-order valence-corrected chi connectivity index (χ4v) is 3.64. The molecule has 0 N–H and O–H groups in total. The van der Waals surface area contributed by atoms with Gasteiger partial charge in [0.15, 0.2) is 0 Å². The zero-order chi connectivity index (χ0) is 11.7. The Hall–Kier alpha value is 0.0900. The molecule has 0 radical (unpaired) electrons. The van der Waals surface area contributed by atoms with Gasteiger partial charge in [-0.15, -0.1) is 11.3 Å². The highest BCUT2D eigenvalue weighted by atomic mass is 79.9. The van der Waals surface area contributed by atoms with Crippen LogP contribution in [0.5, 0.6) is 0 Å². The van der Waals surface area contributed by atoms with Gasteiger partial charge in [0.2, 0.25) is 0 Å². The van der Waals surface area contributed by atoms with Gasteiger partial charge in [-0.1, -0.05) is 0 Å². The first-order valence-corrected chi connectivity index (χ1v) is 7.29. The molecule has 1 unspecified atom stereocenters. The number of likely N-dealkylation sites (N-methyl/N-ethyl adjacent to an activating group) is 1. The Morgan fingerprint density at radius 3 is 2.88 bits per heavy atom. The second kappa shape index (κ2) is 5.16. The van der Waals surface area contributed by atoms with E-state index in [1.807, 2.05) is 13.1 Å². The highest BCUT2D eigenvalue weighted by molar-refractivity contribution is 9.13. The van der Waals surface area contributed by atoms with Crippen molar-refractivity contribution in [3.05, 3.63) is 19.2 Å². The number of carbonyl (C=O) groups excluding carboxylic acids is 1. The van der Waals surface area contributed by atoms with E-state index in [1.165, 1.54) is 11.3 Å². The summed E-state index contributed by atoms with van der Waals surface area (Å²) >= 11 is 8.23. The summed E-state index contributed by atoms with van der Waals surface area (Å²) in [5.41, 5.74) is 0. The normalized spacial score (nSPS) is 20.1. The first-order chi connectivity index (χ1) is 7.59. The first-order valence-electron chi connectivity index (χ1n) is 4.89. The van der Waals surface area contributed by atoms with Crippen LogP contribution in [0.1, 0.15) is 16.1 Å². The number of hydrogen-bond acceptors (Lipinski definition) is 3. The molecule has 88 valence electrons. The summed E-state index contributed by atoms with van der Waals surface area (Å²) in [6.45, 7) is 1.40. The van der Waals surface area contributed by atoms with Crippen LogP contribution >= 0.6 is 43.2 Å². The van der Waals surface area contributed by atoms with E-state index in [1.54, 1.807) is 4.90 Å². The Labute approximate surface area is 115 Å². The van der Waals surface area contributed by atoms with Crippen LogP contribution in [0, 0.1) is 0 Å². The third kappa shape index (κ3) is 2.50. The summed E-state index contributed by atoms with van der Waals surface area (Å²) in [5.74, 6) is 0.0619. The van der Waals surface area contributed by atoms with Gasteiger partial charge in [0, 0.05) is 18.1 Å². The molecule has 1 atom stereocenters. The molecule has 1 aromatic rings. The standard InChI is InChI=1S/C10H11Br2NO2S/c1-13(6-2-3-15-5-6)10(14)8-4-7(11)9(12)16-8/h4,6H,2-3,5H2,1H3. The molecule has 16 heavy (non-hydrogen) atoms. The van der Waals surface area contributed by atoms with Gasteiger partial charge in [-0.3, -0.25) is 4.79 Å².